The Hall–Kier alpha value is -1.88. The molecule has 1 unspecified atom stereocenters. The average molecular weight is 518 g/mol. The number of aliphatic imine (C=N–C) groups is 1. The van der Waals surface area contributed by atoms with Crippen molar-refractivity contribution in [3.05, 3.63) is 35.1 Å². The zero-order valence-electron chi connectivity index (χ0n) is 19.4. The molecule has 2 aliphatic rings. The Kier molecular flexibility index (Phi) is 8.83. The van der Waals surface area contributed by atoms with Crippen LogP contribution < -0.4 is 5.32 Å². The van der Waals surface area contributed by atoms with E-state index in [0.29, 0.717) is 17.6 Å². The predicted molar refractivity (Wildman–Crippen MR) is 130 cm³/mol. The van der Waals surface area contributed by atoms with Crippen molar-refractivity contribution < 1.29 is 27.9 Å². The van der Waals surface area contributed by atoms with Crippen molar-refractivity contribution >= 4 is 40.7 Å². The topological polar surface area (TPSA) is 82.0 Å². The standard InChI is InChI=1S/C23H30F3N3O3S2/c1-13-4-6-15(7-5-13)29(9-8-14-10-16(24)19(26)17(25)11-14)22(32)28-21-27-12-18(33-21)34-23(2,3)20(30)31/h10-11,13,15,18H,4-9,12H2,1-3H3,(H,30,31)(H,27,28,32). The second-order valence-corrected chi connectivity index (χ2v) is 12.6. The number of benzene rings is 1. The van der Waals surface area contributed by atoms with Crippen LogP contribution in [0.15, 0.2) is 17.1 Å². The van der Waals surface area contributed by atoms with E-state index >= 15 is 0 Å². The maximum absolute atomic E-state index is 13.6. The lowest BCUT2D eigenvalue weighted by atomic mass is 9.86. The molecule has 1 heterocycles. The van der Waals surface area contributed by atoms with Crippen LogP contribution in [0.5, 0.6) is 0 Å². The number of thioether (sulfide) groups is 2. The number of hydrogen-bond donors (Lipinski definition) is 2. The van der Waals surface area contributed by atoms with Gasteiger partial charge in [-0.25, -0.2) is 18.0 Å². The van der Waals surface area contributed by atoms with E-state index in [9.17, 15) is 27.9 Å². The zero-order valence-corrected chi connectivity index (χ0v) is 21.1. The largest absolute Gasteiger partial charge is 0.480 e. The summed E-state index contributed by atoms with van der Waals surface area (Å²) in [7, 11) is 0. The molecule has 0 aromatic heterocycles. The molecule has 34 heavy (non-hydrogen) atoms. The molecule has 1 aromatic rings. The van der Waals surface area contributed by atoms with Crippen LogP contribution in [-0.2, 0) is 11.2 Å². The van der Waals surface area contributed by atoms with E-state index in [-0.39, 0.29) is 35.2 Å². The van der Waals surface area contributed by atoms with E-state index in [1.54, 1.807) is 18.7 Å². The highest BCUT2D eigenvalue weighted by atomic mass is 32.2. The van der Waals surface area contributed by atoms with Gasteiger partial charge in [-0.2, -0.15) is 0 Å². The maximum atomic E-state index is 13.6. The number of carbonyl (C=O) groups excluding carboxylic acids is 1. The number of carbonyl (C=O) groups is 2. The minimum atomic E-state index is -1.51. The lowest BCUT2D eigenvalue weighted by molar-refractivity contribution is -0.138. The van der Waals surface area contributed by atoms with Gasteiger partial charge in [-0.15, -0.1) is 11.8 Å². The van der Waals surface area contributed by atoms with Crippen LogP contribution in [0.25, 0.3) is 0 Å². The van der Waals surface area contributed by atoms with Crippen molar-refractivity contribution in [3.63, 3.8) is 0 Å². The number of hydrogen-bond acceptors (Lipinski definition) is 5. The SMILES string of the molecule is CC1CCC(N(CCc2cc(F)c(F)c(F)c2)C(=O)NC2=NCC(SC(C)(C)C(=O)O)S2)CC1. The average Bonchev–Trinajstić information content (AvgIpc) is 3.19. The number of nitrogens with zero attached hydrogens (tertiary/aromatic N) is 2. The summed E-state index contributed by atoms with van der Waals surface area (Å²) < 4.78 is 39.5. The van der Waals surface area contributed by atoms with Gasteiger partial charge in [0.2, 0.25) is 0 Å². The molecule has 1 aliphatic carbocycles. The number of urea groups is 1. The number of halogens is 3. The van der Waals surface area contributed by atoms with Crippen LogP contribution in [-0.4, -0.2) is 55.6 Å². The predicted octanol–water partition coefficient (Wildman–Crippen LogP) is 5.26. The molecule has 1 atom stereocenters. The highest BCUT2D eigenvalue weighted by Gasteiger charge is 2.35. The molecule has 188 valence electrons. The van der Waals surface area contributed by atoms with Crippen LogP contribution in [0.4, 0.5) is 18.0 Å². The number of rotatable bonds is 7. The number of amides is 2. The maximum Gasteiger partial charge on any atom is 0.323 e. The molecule has 0 bridgehead atoms. The van der Waals surface area contributed by atoms with Crippen molar-refractivity contribution in [2.45, 2.75) is 68.2 Å². The number of amidine groups is 1. The van der Waals surface area contributed by atoms with Crippen molar-refractivity contribution in [2.75, 3.05) is 13.1 Å². The second kappa shape index (κ2) is 11.2. The first kappa shape index (κ1) is 26.7. The monoisotopic (exact) mass is 517 g/mol. The van der Waals surface area contributed by atoms with Gasteiger partial charge in [-0.3, -0.25) is 15.1 Å². The molecule has 11 heteroatoms. The van der Waals surface area contributed by atoms with E-state index in [1.165, 1.54) is 23.5 Å². The highest BCUT2D eigenvalue weighted by molar-refractivity contribution is 8.25. The van der Waals surface area contributed by atoms with Gasteiger partial charge in [-0.1, -0.05) is 18.7 Å². The van der Waals surface area contributed by atoms with Crippen molar-refractivity contribution in [1.29, 1.82) is 0 Å². The van der Waals surface area contributed by atoms with Gasteiger partial charge in [0, 0.05) is 12.6 Å². The third-order valence-electron chi connectivity index (χ3n) is 6.15. The summed E-state index contributed by atoms with van der Waals surface area (Å²) >= 11 is 2.60. The summed E-state index contributed by atoms with van der Waals surface area (Å²) in [5.74, 6) is -4.34. The van der Waals surface area contributed by atoms with Crippen molar-refractivity contribution in [2.24, 2.45) is 10.9 Å². The molecule has 0 saturated heterocycles. The van der Waals surface area contributed by atoms with Gasteiger partial charge in [0.05, 0.1) is 11.1 Å². The molecule has 3 rings (SSSR count). The Morgan fingerprint density at radius 3 is 2.41 bits per heavy atom. The van der Waals surface area contributed by atoms with Crippen LogP contribution >= 0.6 is 23.5 Å². The first-order chi connectivity index (χ1) is 16.0. The highest BCUT2D eigenvalue weighted by Crippen LogP contribution is 2.38. The van der Waals surface area contributed by atoms with Gasteiger partial charge in [0.15, 0.2) is 22.6 Å². The molecule has 2 amide bonds. The summed E-state index contributed by atoms with van der Waals surface area (Å²) in [6.45, 7) is 6.04. The zero-order chi connectivity index (χ0) is 25.0. The normalized spacial score (nSPS) is 22.9. The van der Waals surface area contributed by atoms with Crippen LogP contribution in [0.3, 0.4) is 0 Å². The molecule has 2 N–H and O–H groups in total. The Balaban J connectivity index is 1.65. The molecular weight excluding hydrogens is 487 g/mol. The molecule has 0 radical (unpaired) electrons. The smallest absolute Gasteiger partial charge is 0.323 e. The van der Waals surface area contributed by atoms with E-state index in [1.807, 2.05) is 0 Å². The summed E-state index contributed by atoms with van der Waals surface area (Å²) in [6.07, 6.45) is 3.79. The van der Waals surface area contributed by atoms with Crippen molar-refractivity contribution in [1.82, 2.24) is 10.2 Å². The number of aliphatic carboxylic acids is 1. The first-order valence-electron chi connectivity index (χ1n) is 11.3. The third kappa shape index (κ3) is 6.84. The van der Waals surface area contributed by atoms with Gasteiger partial charge in [-0.05, 0) is 69.6 Å². The molecule has 1 aromatic carbocycles. The molecule has 0 spiro atoms. The summed E-state index contributed by atoms with van der Waals surface area (Å²) in [6, 6.07) is 1.55. The Morgan fingerprint density at radius 1 is 1.21 bits per heavy atom. The van der Waals surface area contributed by atoms with E-state index in [0.717, 1.165) is 37.8 Å². The van der Waals surface area contributed by atoms with Crippen LogP contribution in [0.1, 0.15) is 52.0 Å². The van der Waals surface area contributed by atoms with Gasteiger partial charge >= 0.3 is 12.0 Å². The molecule has 1 aliphatic heterocycles. The van der Waals surface area contributed by atoms with E-state index < -0.39 is 28.2 Å². The van der Waals surface area contributed by atoms with Crippen molar-refractivity contribution in [3.8, 4) is 0 Å². The Morgan fingerprint density at radius 2 is 1.82 bits per heavy atom. The fraction of sp³-hybridized carbons (Fsp3) is 0.609. The molecule has 1 fully saturated rings. The molecule has 6 nitrogen and oxygen atoms in total. The van der Waals surface area contributed by atoms with Gasteiger partial charge in [0.25, 0.3) is 0 Å². The quantitative estimate of drug-likeness (QED) is 0.482. The molecule has 1 saturated carbocycles. The first-order valence-corrected chi connectivity index (χ1v) is 13.1. The number of carboxylic acid groups (broad SMARTS) is 1. The minimum Gasteiger partial charge on any atom is -0.480 e. The molecular formula is C23H30F3N3O3S2. The summed E-state index contributed by atoms with van der Waals surface area (Å²) in [5.41, 5.74) is 0.276. The summed E-state index contributed by atoms with van der Waals surface area (Å²) in [5, 5.41) is 12.6. The Bertz CT molecular complexity index is 930. The Labute approximate surface area is 206 Å². The lowest BCUT2D eigenvalue weighted by Crippen LogP contribution is -2.49. The number of carboxylic acids is 1. The summed E-state index contributed by atoms with van der Waals surface area (Å²) in [4.78, 5) is 30.6. The fourth-order valence-electron chi connectivity index (χ4n) is 4.04. The lowest BCUT2D eigenvalue weighted by Gasteiger charge is -2.36. The number of nitrogens with one attached hydrogen (secondary N) is 1. The third-order valence-corrected chi connectivity index (χ3v) is 8.77. The van der Waals surface area contributed by atoms with Crippen LogP contribution in [0, 0.1) is 23.4 Å². The van der Waals surface area contributed by atoms with E-state index in [4.69, 9.17) is 0 Å². The van der Waals surface area contributed by atoms with Gasteiger partial charge < -0.3 is 10.0 Å². The second-order valence-electron chi connectivity index (χ2n) is 9.29. The van der Waals surface area contributed by atoms with E-state index in [2.05, 4.69) is 17.2 Å². The fourth-order valence-corrected chi connectivity index (χ4v) is 6.82. The van der Waals surface area contributed by atoms with Gasteiger partial charge in [0.1, 0.15) is 4.75 Å². The van der Waals surface area contributed by atoms with Crippen LogP contribution in [0.2, 0.25) is 0 Å². The minimum absolute atomic E-state index is 0.0190.